The molecule has 0 spiro atoms. The standard InChI is InChI=1S/C23H30N4O5S/c1-16-13-23(2,3)27(14-16)21-18(8-5-11-24-21)22(28)26-33(29,30)20-10-4-9-19(25-20)32-15-17-7-6-12-31-17/h4-5,8-11,16-17H,6-7,12-15H2,1-3H3,(H,26,28). The zero-order valence-electron chi connectivity index (χ0n) is 19.2. The normalized spacial score (nSPS) is 22.3. The van der Waals surface area contributed by atoms with Gasteiger partial charge < -0.3 is 14.4 Å². The fourth-order valence-corrected chi connectivity index (χ4v) is 5.48. The first-order valence-corrected chi connectivity index (χ1v) is 12.7. The largest absolute Gasteiger partial charge is 0.475 e. The van der Waals surface area contributed by atoms with Crippen LogP contribution in [0.2, 0.25) is 0 Å². The molecule has 4 rings (SSSR count). The summed E-state index contributed by atoms with van der Waals surface area (Å²) in [7, 11) is -4.22. The van der Waals surface area contributed by atoms with Crippen molar-refractivity contribution in [1.29, 1.82) is 0 Å². The zero-order chi connectivity index (χ0) is 23.6. The Kier molecular flexibility index (Phi) is 6.58. The number of hydrogen-bond donors (Lipinski definition) is 1. The van der Waals surface area contributed by atoms with Crippen LogP contribution in [-0.4, -0.2) is 55.7 Å². The summed E-state index contributed by atoms with van der Waals surface area (Å²) in [5, 5.41) is -0.291. The number of sulfonamides is 1. The molecule has 178 valence electrons. The Morgan fingerprint density at radius 1 is 1.30 bits per heavy atom. The molecule has 0 radical (unpaired) electrons. The predicted molar refractivity (Wildman–Crippen MR) is 123 cm³/mol. The molecule has 2 aliphatic heterocycles. The Bertz CT molecular complexity index is 1120. The van der Waals surface area contributed by atoms with Gasteiger partial charge in [0.1, 0.15) is 12.4 Å². The highest BCUT2D eigenvalue weighted by molar-refractivity contribution is 7.90. The summed E-state index contributed by atoms with van der Waals surface area (Å²) < 4.78 is 39.1. The quantitative estimate of drug-likeness (QED) is 0.652. The van der Waals surface area contributed by atoms with Gasteiger partial charge in [0.15, 0.2) is 5.03 Å². The van der Waals surface area contributed by atoms with Gasteiger partial charge in [-0.25, -0.2) is 9.71 Å². The van der Waals surface area contributed by atoms with Crippen molar-refractivity contribution in [3.05, 3.63) is 42.1 Å². The molecule has 0 aliphatic carbocycles. The first kappa shape index (κ1) is 23.4. The molecule has 1 N–H and O–H groups in total. The van der Waals surface area contributed by atoms with Crippen LogP contribution in [0.25, 0.3) is 0 Å². The summed E-state index contributed by atoms with van der Waals surface area (Å²) in [6.45, 7) is 8.07. The highest BCUT2D eigenvalue weighted by Gasteiger charge is 2.39. The second kappa shape index (κ2) is 9.26. The summed E-state index contributed by atoms with van der Waals surface area (Å²) in [6, 6.07) is 7.63. The Morgan fingerprint density at radius 3 is 2.82 bits per heavy atom. The third kappa shape index (κ3) is 5.27. The fraction of sp³-hybridized carbons (Fsp3) is 0.522. The van der Waals surface area contributed by atoms with E-state index >= 15 is 0 Å². The van der Waals surface area contributed by atoms with Gasteiger partial charge >= 0.3 is 0 Å². The Morgan fingerprint density at radius 2 is 2.12 bits per heavy atom. The maximum atomic E-state index is 13.1. The second-order valence-electron chi connectivity index (χ2n) is 9.30. The molecule has 2 aromatic rings. The lowest BCUT2D eigenvalue weighted by Crippen LogP contribution is -2.41. The van der Waals surface area contributed by atoms with Gasteiger partial charge in [0.25, 0.3) is 15.9 Å². The maximum absolute atomic E-state index is 13.1. The Hall–Kier alpha value is -2.72. The molecule has 2 saturated heterocycles. The molecule has 2 atom stereocenters. The molecule has 9 nitrogen and oxygen atoms in total. The molecule has 33 heavy (non-hydrogen) atoms. The summed E-state index contributed by atoms with van der Waals surface area (Å²) in [5.74, 6) is 0.320. The number of amides is 1. The van der Waals surface area contributed by atoms with E-state index in [0.717, 1.165) is 25.8 Å². The number of nitrogens with one attached hydrogen (secondary N) is 1. The van der Waals surface area contributed by atoms with Gasteiger partial charge in [-0.15, -0.1) is 0 Å². The van der Waals surface area contributed by atoms with E-state index in [9.17, 15) is 13.2 Å². The number of rotatable bonds is 7. The first-order chi connectivity index (χ1) is 15.7. The molecule has 1 amide bonds. The van der Waals surface area contributed by atoms with Gasteiger partial charge in [0, 0.05) is 31.0 Å². The van der Waals surface area contributed by atoms with E-state index in [1.165, 1.54) is 12.1 Å². The highest BCUT2D eigenvalue weighted by Crippen LogP contribution is 2.37. The van der Waals surface area contributed by atoms with Gasteiger partial charge in [0.2, 0.25) is 5.88 Å². The van der Waals surface area contributed by atoms with Crippen LogP contribution < -0.4 is 14.4 Å². The molecular formula is C23H30N4O5S. The van der Waals surface area contributed by atoms with Crippen LogP contribution in [0.5, 0.6) is 5.88 Å². The van der Waals surface area contributed by atoms with E-state index in [1.54, 1.807) is 24.4 Å². The van der Waals surface area contributed by atoms with Gasteiger partial charge in [-0.3, -0.25) is 4.79 Å². The zero-order valence-corrected chi connectivity index (χ0v) is 20.0. The number of hydrogen-bond acceptors (Lipinski definition) is 8. The van der Waals surface area contributed by atoms with Gasteiger partial charge in [0.05, 0.1) is 11.7 Å². The molecule has 4 heterocycles. The smallest absolute Gasteiger partial charge is 0.281 e. The Labute approximate surface area is 194 Å². The van der Waals surface area contributed by atoms with E-state index in [4.69, 9.17) is 9.47 Å². The number of carbonyl (C=O) groups is 1. The summed E-state index contributed by atoms with van der Waals surface area (Å²) in [6.07, 6.45) is 4.41. The molecule has 2 aromatic heterocycles. The minimum absolute atomic E-state index is 0.0201. The number of nitrogens with zero attached hydrogens (tertiary/aromatic N) is 3. The lowest BCUT2D eigenvalue weighted by molar-refractivity contribution is 0.0661. The van der Waals surface area contributed by atoms with E-state index in [2.05, 4.69) is 40.4 Å². The third-order valence-electron chi connectivity index (χ3n) is 6.00. The number of carbonyl (C=O) groups excluding carboxylic acids is 1. The van der Waals surface area contributed by atoms with Crippen LogP contribution in [0.3, 0.4) is 0 Å². The van der Waals surface area contributed by atoms with E-state index < -0.39 is 15.9 Å². The van der Waals surface area contributed by atoms with Crippen LogP contribution in [0.15, 0.2) is 41.6 Å². The molecule has 0 bridgehead atoms. The molecule has 2 fully saturated rings. The van der Waals surface area contributed by atoms with Crippen molar-refractivity contribution < 1.29 is 22.7 Å². The van der Waals surface area contributed by atoms with Crippen molar-refractivity contribution in [2.24, 2.45) is 5.92 Å². The van der Waals surface area contributed by atoms with Crippen molar-refractivity contribution in [2.45, 2.75) is 56.7 Å². The highest BCUT2D eigenvalue weighted by atomic mass is 32.2. The summed E-state index contributed by atoms with van der Waals surface area (Å²) in [5.41, 5.74) is 0.00632. The van der Waals surface area contributed by atoms with Crippen molar-refractivity contribution in [3.8, 4) is 5.88 Å². The Balaban J connectivity index is 1.51. The van der Waals surface area contributed by atoms with Gasteiger partial charge in [-0.05, 0) is 57.2 Å². The van der Waals surface area contributed by atoms with Gasteiger partial charge in [-0.2, -0.15) is 13.4 Å². The van der Waals surface area contributed by atoms with Crippen molar-refractivity contribution >= 4 is 21.7 Å². The summed E-state index contributed by atoms with van der Waals surface area (Å²) in [4.78, 5) is 23.6. The van der Waals surface area contributed by atoms with Crippen molar-refractivity contribution in [2.75, 3.05) is 24.7 Å². The number of ether oxygens (including phenoxy) is 2. The van der Waals surface area contributed by atoms with Crippen molar-refractivity contribution in [3.63, 3.8) is 0 Å². The third-order valence-corrected chi connectivity index (χ3v) is 7.23. The van der Waals surface area contributed by atoms with Crippen molar-refractivity contribution in [1.82, 2.24) is 14.7 Å². The summed E-state index contributed by atoms with van der Waals surface area (Å²) >= 11 is 0. The van der Waals surface area contributed by atoms with Crippen LogP contribution in [0.1, 0.15) is 50.4 Å². The average molecular weight is 475 g/mol. The minimum Gasteiger partial charge on any atom is -0.475 e. The maximum Gasteiger partial charge on any atom is 0.281 e. The lowest BCUT2D eigenvalue weighted by Gasteiger charge is -2.33. The number of pyridine rings is 2. The monoisotopic (exact) mass is 474 g/mol. The molecule has 10 heteroatoms. The lowest BCUT2D eigenvalue weighted by atomic mass is 9.97. The van der Waals surface area contributed by atoms with E-state index in [-0.39, 0.29) is 28.1 Å². The fourth-order valence-electron chi connectivity index (χ4n) is 4.56. The van der Waals surface area contributed by atoms with Crippen LogP contribution in [0.4, 0.5) is 5.82 Å². The minimum atomic E-state index is -4.22. The van der Waals surface area contributed by atoms with E-state index in [1.807, 2.05) is 0 Å². The second-order valence-corrected chi connectivity index (χ2v) is 10.9. The predicted octanol–water partition coefficient (Wildman–Crippen LogP) is 2.78. The molecular weight excluding hydrogens is 444 g/mol. The topological polar surface area (TPSA) is 111 Å². The van der Waals surface area contributed by atoms with Crippen LogP contribution in [0, 0.1) is 5.92 Å². The number of aromatic nitrogens is 2. The van der Waals surface area contributed by atoms with Crippen LogP contribution in [-0.2, 0) is 14.8 Å². The first-order valence-electron chi connectivity index (χ1n) is 11.2. The van der Waals surface area contributed by atoms with Crippen LogP contribution >= 0.6 is 0 Å². The average Bonchev–Trinajstić information content (AvgIpc) is 3.38. The molecule has 0 aromatic carbocycles. The van der Waals surface area contributed by atoms with E-state index in [0.29, 0.717) is 24.9 Å². The SMILES string of the molecule is CC1CN(c2ncccc2C(=O)NS(=O)(=O)c2cccc(OCC3CCCO3)n2)C(C)(C)C1. The molecule has 2 unspecified atom stereocenters. The molecule has 2 aliphatic rings. The number of anilines is 1. The van der Waals surface area contributed by atoms with Gasteiger partial charge in [-0.1, -0.05) is 13.0 Å². The molecule has 0 saturated carbocycles.